The van der Waals surface area contributed by atoms with Gasteiger partial charge in [0.25, 0.3) is 0 Å². The summed E-state index contributed by atoms with van der Waals surface area (Å²) in [5, 5.41) is 0. The smallest absolute Gasteiger partial charge is 0.0188 e. The summed E-state index contributed by atoms with van der Waals surface area (Å²) in [6.45, 7) is 0. The van der Waals surface area contributed by atoms with Crippen molar-refractivity contribution in [3.63, 3.8) is 0 Å². The first-order chi connectivity index (χ1) is 22.2. The van der Waals surface area contributed by atoms with Crippen LogP contribution in [0.1, 0.15) is 7.43 Å². The minimum atomic E-state index is 0. The first-order valence-corrected chi connectivity index (χ1v) is 17.7. The highest BCUT2D eigenvalue weighted by Crippen LogP contribution is 2.37. The highest BCUT2D eigenvalue weighted by Gasteiger charge is 2.11. The summed E-state index contributed by atoms with van der Waals surface area (Å²) in [5.41, 5.74) is 14.6. The maximum absolute atomic E-state index is 2.34. The predicted molar refractivity (Wildman–Crippen MR) is 205 cm³/mol. The largest absolute Gasteiger partial charge is 0.0924 e. The Balaban J connectivity index is 0.00000372. The molecule has 224 valence electrons. The Labute approximate surface area is 281 Å². The van der Waals surface area contributed by atoms with Gasteiger partial charge in [-0.25, -0.2) is 0 Å². The van der Waals surface area contributed by atoms with E-state index in [1.165, 1.54) is 71.7 Å². The molecule has 46 heavy (non-hydrogen) atoms. The summed E-state index contributed by atoms with van der Waals surface area (Å²) in [6, 6.07) is 63.8. The zero-order chi connectivity index (χ0) is 30.4. The van der Waals surface area contributed by atoms with Crippen LogP contribution in [-0.2, 0) is 0 Å². The molecule has 7 aromatic rings. The Kier molecular flexibility index (Phi) is 9.88. The van der Waals surface area contributed by atoms with E-state index in [1.807, 2.05) is 0 Å². The van der Waals surface area contributed by atoms with Crippen molar-refractivity contribution in [2.24, 2.45) is 0 Å². The summed E-state index contributed by atoms with van der Waals surface area (Å²) in [5.74, 6) is 0. The van der Waals surface area contributed by atoms with Crippen molar-refractivity contribution in [1.82, 2.24) is 0 Å². The average molecular weight is 629 g/mol. The van der Waals surface area contributed by atoms with Gasteiger partial charge in [0, 0.05) is 4.90 Å². The molecule has 7 rings (SSSR count). The van der Waals surface area contributed by atoms with E-state index in [0.717, 1.165) is 0 Å². The molecule has 0 radical (unpaired) electrons. The van der Waals surface area contributed by atoms with Gasteiger partial charge < -0.3 is 0 Å². The van der Waals surface area contributed by atoms with E-state index in [4.69, 9.17) is 0 Å². The third-order valence-corrected chi connectivity index (χ3v) is 9.77. The molecule has 0 amide bonds. The van der Waals surface area contributed by atoms with Crippen LogP contribution in [-0.4, -0.2) is 6.26 Å². The minimum absolute atomic E-state index is 0. The van der Waals surface area contributed by atoms with Crippen LogP contribution < -0.4 is 0 Å². The molecule has 0 saturated carbocycles. The lowest BCUT2D eigenvalue weighted by Gasteiger charge is -2.14. The standard InChI is InChI=1S/C43H32S2.CH4/c1-44-45-43-23-11-22-39(30-43)35-18-10-21-38(26-35)42-28-40(36-19-8-16-33(24-36)31-12-4-2-5-13-31)27-41(29-42)37-20-9-17-34(25-37)32-14-6-3-7-15-32;/h2-30H,1H3;1H4. The minimum Gasteiger partial charge on any atom is -0.0924 e. The molecule has 2 heteroatoms. The molecular weight excluding hydrogens is 593 g/mol. The number of benzene rings is 7. The normalized spacial score (nSPS) is 10.7. The number of hydrogen-bond acceptors (Lipinski definition) is 2. The second-order valence-corrected chi connectivity index (χ2v) is 13.5. The summed E-state index contributed by atoms with van der Waals surface area (Å²) in [6.07, 6.45) is 2.12. The summed E-state index contributed by atoms with van der Waals surface area (Å²) in [4.78, 5) is 1.27. The van der Waals surface area contributed by atoms with Gasteiger partial charge in [-0.3, -0.25) is 0 Å². The fourth-order valence-corrected chi connectivity index (χ4v) is 7.24. The molecule has 0 aliphatic rings. The monoisotopic (exact) mass is 628 g/mol. The number of hydrogen-bond donors (Lipinski definition) is 0. The van der Waals surface area contributed by atoms with Crippen LogP contribution in [0.25, 0.3) is 66.8 Å². The van der Waals surface area contributed by atoms with E-state index in [-0.39, 0.29) is 7.43 Å². The van der Waals surface area contributed by atoms with Crippen LogP contribution in [0.2, 0.25) is 0 Å². The Hall–Kier alpha value is -4.76. The van der Waals surface area contributed by atoms with Crippen molar-refractivity contribution >= 4 is 21.6 Å². The third kappa shape index (κ3) is 7.05. The van der Waals surface area contributed by atoms with Crippen molar-refractivity contribution in [2.75, 3.05) is 6.26 Å². The average Bonchev–Trinajstić information content (AvgIpc) is 3.13. The van der Waals surface area contributed by atoms with Crippen molar-refractivity contribution in [1.29, 1.82) is 0 Å². The quantitative estimate of drug-likeness (QED) is 0.154. The SMILES string of the molecule is C.CSSc1cccc(-c2cccc(-c3cc(-c4cccc(-c5ccccc5)c4)cc(-c4cccc(-c5ccccc5)c4)c3)c2)c1. The molecule has 0 aromatic heterocycles. The lowest BCUT2D eigenvalue weighted by molar-refractivity contribution is 1.46. The molecule has 7 aromatic carbocycles. The molecule has 0 heterocycles. The van der Waals surface area contributed by atoms with Gasteiger partial charge in [0.1, 0.15) is 0 Å². The summed E-state index contributed by atoms with van der Waals surface area (Å²) < 4.78 is 0. The molecule has 0 aliphatic heterocycles. The van der Waals surface area contributed by atoms with Crippen LogP contribution in [0.15, 0.2) is 181 Å². The van der Waals surface area contributed by atoms with E-state index >= 15 is 0 Å². The molecule has 0 spiro atoms. The highest BCUT2D eigenvalue weighted by atomic mass is 33.1. The first kappa shape index (κ1) is 31.2. The molecule has 0 fully saturated rings. The maximum atomic E-state index is 2.34. The fraction of sp³-hybridized carbons (Fsp3) is 0.0455. The van der Waals surface area contributed by atoms with Gasteiger partial charge in [-0.2, -0.15) is 0 Å². The predicted octanol–water partition coefficient (Wildman–Crippen LogP) is 13.7. The van der Waals surface area contributed by atoms with Gasteiger partial charge in [0.15, 0.2) is 0 Å². The Bertz CT molecular complexity index is 1960. The van der Waals surface area contributed by atoms with E-state index in [2.05, 4.69) is 182 Å². The molecule has 0 unspecified atom stereocenters. The zero-order valence-corrected chi connectivity index (χ0v) is 26.7. The van der Waals surface area contributed by atoms with Crippen molar-refractivity contribution in [2.45, 2.75) is 12.3 Å². The van der Waals surface area contributed by atoms with Crippen LogP contribution in [0.5, 0.6) is 0 Å². The zero-order valence-electron chi connectivity index (χ0n) is 25.1. The van der Waals surface area contributed by atoms with Gasteiger partial charge in [-0.1, -0.05) is 156 Å². The van der Waals surface area contributed by atoms with Gasteiger partial charge in [-0.05, 0) is 122 Å². The number of rotatable bonds is 8. The van der Waals surface area contributed by atoms with E-state index < -0.39 is 0 Å². The third-order valence-electron chi connectivity index (χ3n) is 8.08. The fourth-order valence-electron chi connectivity index (χ4n) is 5.85. The molecule has 0 N–H and O–H groups in total. The van der Waals surface area contributed by atoms with Crippen LogP contribution >= 0.6 is 21.6 Å². The second-order valence-electron chi connectivity index (χ2n) is 11.1. The van der Waals surface area contributed by atoms with E-state index in [1.54, 1.807) is 21.6 Å². The lowest BCUT2D eigenvalue weighted by Crippen LogP contribution is -1.88. The Morgan fingerprint density at radius 2 is 0.565 bits per heavy atom. The molecule has 0 saturated heterocycles. The highest BCUT2D eigenvalue weighted by molar-refractivity contribution is 8.76. The Morgan fingerprint density at radius 3 is 0.957 bits per heavy atom. The molecule has 0 atom stereocenters. The van der Waals surface area contributed by atoms with Crippen LogP contribution in [0.3, 0.4) is 0 Å². The first-order valence-electron chi connectivity index (χ1n) is 15.1. The van der Waals surface area contributed by atoms with Gasteiger partial charge >= 0.3 is 0 Å². The molecular formula is C44H36S2. The Morgan fingerprint density at radius 1 is 0.283 bits per heavy atom. The molecule has 0 bridgehead atoms. The summed E-state index contributed by atoms with van der Waals surface area (Å²) >= 11 is 0. The summed E-state index contributed by atoms with van der Waals surface area (Å²) in [7, 11) is 3.57. The van der Waals surface area contributed by atoms with Crippen molar-refractivity contribution < 1.29 is 0 Å². The topological polar surface area (TPSA) is 0 Å². The van der Waals surface area contributed by atoms with Crippen LogP contribution in [0, 0.1) is 0 Å². The van der Waals surface area contributed by atoms with Gasteiger partial charge in [0.2, 0.25) is 0 Å². The second kappa shape index (κ2) is 14.6. The van der Waals surface area contributed by atoms with E-state index in [0.29, 0.717) is 0 Å². The van der Waals surface area contributed by atoms with Crippen LogP contribution in [0.4, 0.5) is 0 Å². The van der Waals surface area contributed by atoms with Gasteiger partial charge in [0.05, 0.1) is 0 Å². The molecule has 0 nitrogen and oxygen atoms in total. The van der Waals surface area contributed by atoms with E-state index in [9.17, 15) is 0 Å². The lowest BCUT2D eigenvalue weighted by atomic mass is 9.90. The molecule has 0 aliphatic carbocycles. The van der Waals surface area contributed by atoms with Gasteiger partial charge in [-0.15, -0.1) is 0 Å². The maximum Gasteiger partial charge on any atom is 0.0188 e. The van der Waals surface area contributed by atoms with Crippen molar-refractivity contribution in [3.8, 4) is 66.8 Å². The van der Waals surface area contributed by atoms with Crippen molar-refractivity contribution in [3.05, 3.63) is 176 Å².